The zero-order valence-corrected chi connectivity index (χ0v) is 48.4. The van der Waals surface area contributed by atoms with Crippen LogP contribution in [0.15, 0.2) is 35.3 Å². The quantitative estimate of drug-likeness (QED) is 0.0277. The predicted octanol–water partition coefficient (Wildman–Crippen LogP) is -2.64. The van der Waals surface area contributed by atoms with E-state index in [0.29, 0.717) is 19.3 Å². The molecule has 2 unspecified atom stereocenters. The van der Waals surface area contributed by atoms with Gasteiger partial charge in [-0.3, -0.25) is 57.7 Å². The Bertz CT molecular complexity index is 2380. The molecule has 1 saturated heterocycles. The number of cyclic esters (lactones) is 1. The van der Waals surface area contributed by atoms with Crippen molar-refractivity contribution >= 4 is 77.7 Å². The second kappa shape index (κ2) is 33.9. The molecular formula is C54H87N13O14. The van der Waals surface area contributed by atoms with E-state index in [1.54, 1.807) is 48.6 Å². The highest BCUT2D eigenvalue weighted by molar-refractivity contribution is 6.00. The van der Waals surface area contributed by atoms with Crippen LogP contribution < -0.4 is 64.2 Å². The molecular weight excluding hydrogens is 1050 g/mol. The summed E-state index contributed by atoms with van der Waals surface area (Å²) < 4.78 is 5.60. The van der Waals surface area contributed by atoms with Crippen LogP contribution in [0.2, 0.25) is 0 Å². The van der Waals surface area contributed by atoms with E-state index in [2.05, 4.69) is 70.2 Å². The molecule has 452 valence electrons. The molecule has 14 N–H and O–H groups in total. The van der Waals surface area contributed by atoms with Crippen LogP contribution in [0, 0.1) is 23.7 Å². The number of aliphatic hydroxyl groups is 1. The number of rotatable bonds is 30. The SMILES string of the molecule is C=N[C@@](NC(=O)[C@H](NC(=O)C(CCC(N)=O)NC(=O)CNC(=O)[C@@H](NC(=O)[C@@H](Cc1ccccc1)NC)[C@@H](C)CC)[C@H](C)CC)(C(=O)NC(CO)C(=O)N[C@H]1C(=O)NCC(=O)N[C@H](C)C(=O)N[C@@H]([C@@H](C)CC)C(=O)O[C@H]1C)[C@@H](C)CC. The van der Waals surface area contributed by atoms with Gasteiger partial charge in [0.25, 0.3) is 5.91 Å². The summed E-state index contributed by atoms with van der Waals surface area (Å²) in [5.74, 6) is -13.0. The molecule has 0 radical (unpaired) electrons. The molecule has 0 saturated carbocycles. The van der Waals surface area contributed by atoms with Gasteiger partial charge in [0.2, 0.25) is 64.7 Å². The van der Waals surface area contributed by atoms with Crippen molar-refractivity contribution in [3.8, 4) is 0 Å². The van der Waals surface area contributed by atoms with Crippen molar-refractivity contribution in [1.82, 2.24) is 58.5 Å². The van der Waals surface area contributed by atoms with Crippen molar-refractivity contribution in [1.29, 1.82) is 0 Å². The van der Waals surface area contributed by atoms with E-state index in [0.717, 1.165) is 5.56 Å². The number of esters is 1. The second-order valence-corrected chi connectivity index (χ2v) is 20.6. The summed E-state index contributed by atoms with van der Waals surface area (Å²) in [6.45, 7) is 17.3. The van der Waals surface area contributed by atoms with Gasteiger partial charge in [-0.2, -0.15) is 0 Å². The number of ether oxygens (including phenoxy) is 1. The summed E-state index contributed by atoms with van der Waals surface area (Å²) in [5.41, 5.74) is 4.00. The Kier molecular flexibility index (Phi) is 29.1. The number of benzene rings is 1. The topological polar surface area (TPSA) is 405 Å². The second-order valence-electron chi connectivity index (χ2n) is 20.6. The van der Waals surface area contributed by atoms with Crippen molar-refractivity contribution < 1.29 is 67.4 Å². The number of nitrogens with one attached hydrogen (secondary N) is 11. The minimum atomic E-state index is -2.32. The van der Waals surface area contributed by atoms with Crippen molar-refractivity contribution in [2.45, 2.75) is 174 Å². The number of aliphatic imine (C=N–C) groups is 1. The molecule has 1 aliphatic rings. The van der Waals surface area contributed by atoms with Crippen molar-refractivity contribution in [2.75, 3.05) is 26.7 Å². The van der Waals surface area contributed by atoms with Crippen LogP contribution in [0.3, 0.4) is 0 Å². The monoisotopic (exact) mass is 1140 g/mol. The van der Waals surface area contributed by atoms with E-state index in [9.17, 15) is 62.6 Å². The number of carbonyl (C=O) groups is 12. The van der Waals surface area contributed by atoms with Crippen LogP contribution in [0.5, 0.6) is 0 Å². The van der Waals surface area contributed by atoms with Gasteiger partial charge in [-0.1, -0.05) is 105 Å². The summed E-state index contributed by atoms with van der Waals surface area (Å²) in [6, 6.07) is -1.43. The zero-order valence-electron chi connectivity index (χ0n) is 48.4. The number of likely N-dealkylation sites (N-methyl/N-ethyl adjacent to an activating group) is 1. The number of hydrogen-bond acceptors (Lipinski definition) is 16. The molecule has 1 fully saturated rings. The predicted molar refractivity (Wildman–Crippen MR) is 298 cm³/mol. The largest absolute Gasteiger partial charge is 0.458 e. The lowest BCUT2D eigenvalue weighted by Crippen LogP contribution is -2.68. The molecule has 14 atom stereocenters. The zero-order chi connectivity index (χ0) is 61.3. The average Bonchev–Trinajstić information content (AvgIpc) is 3.55. The van der Waals surface area contributed by atoms with Gasteiger partial charge in [0.1, 0.15) is 48.4 Å². The highest BCUT2D eigenvalue weighted by Gasteiger charge is 2.47. The van der Waals surface area contributed by atoms with E-state index >= 15 is 0 Å². The Balaban J connectivity index is 2.39. The van der Waals surface area contributed by atoms with Crippen LogP contribution in [0.25, 0.3) is 0 Å². The van der Waals surface area contributed by atoms with Gasteiger partial charge in [-0.05, 0) is 70.2 Å². The third kappa shape index (κ3) is 20.8. The minimum Gasteiger partial charge on any atom is -0.458 e. The van der Waals surface area contributed by atoms with Crippen LogP contribution in [-0.2, 0) is 68.7 Å². The summed E-state index contributed by atoms with van der Waals surface area (Å²) in [5, 5.41) is 38.4. The maximum atomic E-state index is 14.5. The molecule has 27 heteroatoms. The Labute approximate surface area is 473 Å². The number of primary amides is 1. The summed E-state index contributed by atoms with van der Waals surface area (Å²) in [7, 11) is 1.62. The minimum absolute atomic E-state index is 0.144. The molecule has 1 aromatic rings. The number of aliphatic hydroxyl groups excluding tert-OH is 1. The Morgan fingerprint density at radius 1 is 0.765 bits per heavy atom. The number of amides is 11. The Morgan fingerprint density at radius 2 is 1.36 bits per heavy atom. The Morgan fingerprint density at radius 3 is 1.89 bits per heavy atom. The fourth-order valence-electron chi connectivity index (χ4n) is 8.42. The van der Waals surface area contributed by atoms with Gasteiger partial charge in [-0.15, -0.1) is 0 Å². The summed E-state index contributed by atoms with van der Waals surface area (Å²) in [4.78, 5) is 166. The third-order valence-electron chi connectivity index (χ3n) is 14.6. The molecule has 0 aromatic heterocycles. The normalized spacial score (nSPS) is 20.9. The number of hydrogen-bond donors (Lipinski definition) is 13. The van der Waals surface area contributed by atoms with Gasteiger partial charge in [0.15, 0.2) is 0 Å². The Hall–Kier alpha value is -7.55. The third-order valence-corrected chi connectivity index (χ3v) is 14.6. The van der Waals surface area contributed by atoms with Gasteiger partial charge in [-0.25, -0.2) is 4.79 Å². The first-order chi connectivity index (χ1) is 38.2. The van der Waals surface area contributed by atoms with E-state index in [4.69, 9.17) is 10.5 Å². The number of nitrogens with two attached hydrogens (primary N) is 1. The lowest BCUT2D eigenvalue weighted by atomic mass is 9.89. The van der Waals surface area contributed by atoms with Crippen LogP contribution in [0.4, 0.5) is 0 Å². The van der Waals surface area contributed by atoms with Gasteiger partial charge in [0, 0.05) is 12.3 Å². The van der Waals surface area contributed by atoms with Gasteiger partial charge >= 0.3 is 5.97 Å². The van der Waals surface area contributed by atoms with Crippen LogP contribution >= 0.6 is 0 Å². The van der Waals surface area contributed by atoms with E-state index in [-0.39, 0.29) is 25.2 Å². The van der Waals surface area contributed by atoms with Crippen molar-refractivity contribution in [3.63, 3.8) is 0 Å². The molecule has 0 aliphatic carbocycles. The smallest absolute Gasteiger partial charge is 0.329 e. The molecule has 0 bridgehead atoms. The molecule has 1 heterocycles. The first-order valence-electron chi connectivity index (χ1n) is 27.5. The summed E-state index contributed by atoms with van der Waals surface area (Å²) in [6.07, 6.45) is -0.592. The number of nitrogens with zero attached hydrogens (tertiary/aromatic N) is 1. The van der Waals surface area contributed by atoms with Crippen LogP contribution in [-0.4, -0.2) is 170 Å². The molecule has 0 spiro atoms. The average molecular weight is 1140 g/mol. The highest BCUT2D eigenvalue weighted by Crippen LogP contribution is 2.25. The number of carbonyl (C=O) groups excluding carboxylic acids is 12. The fourth-order valence-corrected chi connectivity index (χ4v) is 8.42. The molecule has 27 nitrogen and oxygen atoms in total. The van der Waals surface area contributed by atoms with E-state index in [1.165, 1.54) is 20.8 Å². The van der Waals surface area contributed by atoms with Crippen molar-refractivity contribution in [3.05, 3.63) is 35.9 Å². The molecule has 81 heavy (non-hydrogen) atoms. The standard InChI is InChI=1S/C54H87N13O14/c1-13-28(5)41(63-47(74)36(56-11)24-34-20-18-17-19-21-34)49(76)58-26-40(71)61-35(22-23-38(55)69)46(73)64-42(29(6)14-2)51(78)67-54(57-12,31(8)16-4)53(80)62-37(27-68)48(75)66-44-33(10)81-52(79)43(30(7)15-3)65-45(72)32(9)60-39(70)25-59-50(44)77/h17-21,28-33,35-37,41-44,56,68H,12-16,22-27H2,1-11H3,(H2,55,69)(H,58,76)(H,59,77)(H,60,70)(H,61,71)(H,62,80)(H,63,74)(H,64,73)(H,65,72)(H,66,75)(H,67,78)/t28-,29+,30-,31-,32+,33-,35?,36+,37?,41-,42+,43-,44+,54-/m0/s1. The summed E-state index contributed by atoms with van der Waals surface area (Å²) >= 11 is 0. The molecule has 1 aliphatic heterocycles. The van der Waals surface area contributed by atoms with Crippen LogP contribution in [0.1, 0.15) is 113 Å². The fraction of sp³-hybridized carbons (Fsp3) is 0.648. The van der Waals surface area contributed by atoms with Gasteiger partial charge < -0.3 is 74.1 Å². The van der Waals surface area contributed by atoms with E-state index in [1.807, 2.05) is 37.3 Å². The molecule has 1 aromatic carbocycles. The van der Waals surface area contributed by atoms with Gasteiger partial charge in [0.05, 0.1) is 25.7 Å². The highest BCUT2D eigenvalue weighted by atomic mass is 16.5. The first kappa shape index (κ1) is 69.6. The lowest BCUT2D eigenvalue weighted by Gasteiger charge is -2.37. The first-order valence-corrected chi connectivity index (χ1v) is 27.5. The maximum Gasteiger partial charge on any atom is 0.329 e. The van der Waals surface area contributed by atoms with Crippen molar-refractivity contribution in [2.24, 2.45) is 34.4 Å². The van der Waals surface area contributed by atoms with E-state index < -0.39 is 175 Å². The lowest BCUT2D eigenvalue weighted by molar-refractivity contribution is -0.157. The maximum absolute atomic E-state index is 14.5. The molecule has 11 amide bonds. The molecule has 2 rings (SSSR count).